The molecule has 1 aromatic heterocycles. The normalized spacial score (nSPS) is 16.6. The van der Waals surface area contributed by atoms with E-state index >= 15 is 0 Å². The topological polar surface area (TPSA) is 13.1 Å². The van der Waals surface area contributed by atoms with Crippen molar-refractivity contribution in [3.8, 4) is 0 Å². The summed E-state index contributed by atoms with van der Waals surface area (Å²) in [6.45, 7) is 6.07. The van der Waals surface area contributed by atoms with Crippen molar-refractivity contribution in [2.24, 2.45) is 0 Å². The van der Waals surface area contributed by atoms with Crippen LogP contribution < -0.4 is 0 Å². The molecule has 0 radical (unpaired) electrons. The van der Waals surface area contributed by atoms with Crippen molar-refractivity contribution in [1.29, 1.82) is 0 Å². The number of allylic oxidation sites excluding steroid dienone is 1. The molecule has 1 aliphatic carbocycles. The maximum Gasteiger partial charge on any atom is 0.111 e. The lowest BCUT2D eigenvalue weighted by atomic mass is 9.93. The molecular formula is C10H12O. The van der Waals surface area contributed by atoms with E-state index in [0.717, 1.165) is 25.0 Å². The number of hydrogen-bond donors (Lipinski definition) is 0. The second-order valence-electron chi connectivity index (χ2n) is 3.25. The fraction of sp³-hybridized carbons (Fsp3) is 0.400. The molecule has 58 valence electrons. The Morgan fingerprint density at radius 2 is 2.27 bits per heavy atom. The SMILES string of the molecule is C=C1CCc2c(C)coc2C1. The summed E-state index contributed by atoms with van der Waals surface area (Å²) in [6, 6.07) is 0. The van der Waals surface area contributed by atoms with E-state index in [1.807, 2.05) is 6.26 Å². The van der Waals surface area contributed by atoms with E-state index in [2.05, 4.69) is 13.5 Å². The minimum Gasteiger partial charge on any atom is -0.468 e. The van der Waals surface area contributed by atoms with Gasteiger partial charge in [0.1, 0.15) is 5.76 Å². The summed E-state index contributed by atoms with van der Waals surface area (Å²) in [5.74, 6) is 1.14. The van der Waals surface area contributed by atoms with Gasteiger partial charge in [0.25, 0.3) is 0 Å². The average molecular weight is 148 g/mol. The Morgan fingerprint density at radius 3 is 3.09 bits per heavy atom. The van der Waals surface area contributed by atoms with Crippen LogP contribution in [0.1, 0.15) is 23.3 Å². The van der Waals surface area contributed by atoms with E-state index in [0.29, 0.717) is 0 Å². The fourth-order valence-corrected chi connectivity index (χ4v) is 1.62. The second kappa shape index (κ2) is 2.26. The summed E-state index contributed by atoms with van der Waals surface area (Å²) < 4.78 is 5.40. The highest BCUT2D eigenvalue weighted by Crippen LogP contribution is 2.27. The molecule has 1 aromatic rings. The quantitative estimate of drug-likeness (QED) is 0.515. The Kier molecular flexibility index (Phi) is 1.38. The Labute approximate surface area is 66.7 Å². The van der Waals surface area contributed by atoms with Crippen LogP contribution in [0, 0.1) is 6.92 Å². The fourth-order valence-electron chi connectivity index (χ4n) is 1.62. The van der Waals surface area contributed by atoms with Gasteiger partial charge in [0, 0.05) is 6.42 Å². The van der Waals surface area contributed by atoms with Crippen molar-refractivity contribution in [2.45, 2.75) is 26.2 Å². The number of aryl methyl sites for hydroxylation is 1. The molecule has 0 atom stereocenters. The van der Waals surface area contributed by atoms with E-state index in [1.165, 1.54) is 16.7 Å². The standard InChI is InChI=1S/C10H12O/c1-7-3-4-9-8(2)6-11-10(9)5-7/h6H,1,3-5H2,2H3. The van der Waals surface area contributed by atoms with E-state index < -0.39 is 0 Å². The maximum atomic E-state index is 5.40. The number of furan rings is 1. The Bertz CT molecular complexity index is 294. The molecule has 0 aliphatic heterocycles. The van der Waals surface area contributed by atoms with Crippen LogP contribution in [0.15, 0.2) is 22.8 Å². The van der Waals surface area contributed by atoms with Crippen molar-refractivity contribution < 1.29 is 4.42 Å². The molecule has 11 heavy (non-hydrogen) atoms. The monoisotopic (exact) mass is 148 g/mol. The van der Waals surface area contributed by atoms with E-state index in [9.17, 15) is 0 Å². The van der Waals surface area contributed by atoms with Crippen molar-refractivity contribution in [3.63, 3.8) is 0 Å². The zero-order chi connectivity index (χ0) is 7.84. The van der Waals surface area contributed by atoms with Gasteiger partial charge in [-0.15, -0.1) is 0 Å². The van der Waals surface area contributed by atoms with Crippen LogP contribution in [-0.4, -0.2) is 0 Å². The molecular weight excluding hydrogens is 136 g/mol. The van der Waals surface area contributed by atoms with E-state index in [1.54, 1.807) is 0 Å². The number of fused-ring (bicyclic) bond motifs is 1. The third-order valence-electron chi connectivity index (χ3n) is 2.33. The summed E-state index contributed by atoms with van der Waals surface area (Å²) in [5.41, 5.74) is 4.01. The first kappa shape index (κ1) is 6.71. The predicted octanol–water partition coefficient (Wildman–Crippen LogP) is 2.63. The molecule has 0 amide bonds. The minimum atomic E-state index is 0.948. The highest BCUT2D eigenvalue weighted by Gasteiger charge is 2.16. The molecule has 1 heteroatoms. The van der Waals surface area contributed by atoms with Crippen molar-refractivity contribution in [1.82, 2.24) is 0 Å². The molecule has 0 bridgehead atoms. The lowest BCUT2D eigenvalue weighted by Gasteiger charge is -2.12. The van der Waals surface area contributed by atoms with Gasteiger partial charge in [-0.1, -0.05) is 12.2 Å². The highest BCUT2D eigenvalue weighted by molar-refractivity contribution is 5.33. The van der Waals surface area contributed by atoms with Gasteiger partial charge in [-0.2, -0.15) is 0 Å². The lowest BCUT2D eigenvalue weighted by molar-refractivity contribution is 0.504. The average Bonchev–Trinajstić information content (AvgIpc) is 2.32. The van der Waals surface area contributed by atoms with Gasteiger partial charge in [-0.05, 0) is 30.9 Å². The van der Waals surface area contributed by atoms with Crippen molar-refractivity contribution >= 4 is 0 Å². The summed E-state index contributed by atoms with van der Waals surface area (Å²) in [6.07, 6.45) is 5.05. The second-order valence-corrected chi connectivity index (χ2v) is 3.25. The Hall–Kier alpha value is -0.980. The van der Waals surface area contributed by atoms with E-state index in [-0.39, 0.29) is 0 Å². The Morgan fingerprint density at radius 1 is 1.45 bits per heavy atom. The summed E-state index contributed by atoms with van der Waals surface area (Å²) in [4.78, 5) is 0. The van der Waals surface area contributed by atoms with Gasteiger partial charge in [0.2, 0.25) is 0 Å². The molecule has 0 saturated carbocycles. The minimum absolute atomic E-state index is 0.948. The molecule has 0 fully saturated rings. The first-order chi connectivity index (χ1) is 5.27. The third kappa shape index (κ3) is 1.01. The van der Waals surface area contributed by atoms with Crippen molar-refractivity contribution in [3.05, 3.63) is 35.3 Å². The zero-order valence-corrected chi connectivity index (χ0v) is 6.81. The van der Waals surface area contributed by atoms with E-state index in [4.69, 9.17) is 4.42 Å². The largest absolute Gasteiger partial charge is 0.468 e. The van der Waals surface area contributed by atoms with Crippen LogP contribution >= 0.6 is 0 Å². The number of rotatable bonds is 0. The van der Waals surface area contributed by atoms with Gasteiger partial charge >= 0.3 is 0 Å². The van der Waals surface area contributed by atoms with Gasteiger partial charge in [0.15, 0.2) is 0 Å². The van der Waals surface area contributed by atoms with Gasteiger partial charge in [0.05, 0.1) is 6.26 Å². The molecule has 1 nitrogen and oxygen atoms in total. The first-order valence-electron chi connectivity index (χ1n) is 4.00. The van der Waals surface area contributed by atoms with Crippen LogP contribution in [0.5, 0.6) is 0 Å². The lowest BCUT2D eigenvalue weighted by Crippen LogP contribution is -2.02. The molecule has 2 rings (SSSR count). The molecule has 1 aliphatic rings. The molecule has 0 unspecified atom stereocenters. The van der Waals surface area contributed by atoms with Gasteiger partial charge < -0.3 is 4.42 Å². The zero-order valence-electron chi connectivity index (χ0n) is 6.81. The molecule has 0 aromatic carbocycles. The van der Waals surface area contributed by atoms with Crippen LogP contribution in [-0.2, 0) is 12.8 Å². The number of hydrogen-bond acceptors (Lipinski definition) is 1. The van der Waals surface area contributed by atoms with Crippen LogP contribution in [0.2, 0.25) is 0 Å². The van der Waals surface area contributed by atoms with Gasteiger partial charge in [-0.3, -0.25) is 0 Å². The van der Waals surface area contributed by atoms with Gasteiger partial charge in [-0.25, -0.2) is 0 Å². The highest BCUT2D eigenvalue weighted by atomic mass is 16.3. The third-order valence-corrected chi connectivity index (χ3v) is 2.33. The van der Waals surface area contributed by atoms with Crippen LogP contribution in [0.25, 0.3) is 0 Å². The van der Waals surface area contributed by atoms with Crippen LogP contribution in [0.4, 0.5) is 0 Å². The van der Waals surface area contributed by atoms with Crippen LogP contribution in [0.3, 0.4) is 0 Å². The smallest absolute Gasteiger partial charge is 0.111 e. The molecule has 1 heterocycles. The first-order valence-corrected chi connectivity index (χ1v) is 4.00. The summed E-state index contributed by atoms with van der Waals surface area (Å²) >= 11 is 0. The Balaban J connectivity index is 2.44. The maximum absolute atomic E-state index is 5.40. The molecule has 0 saturated heterocycles. The molecule has 0 spiro atoms. The summed E-state index contributed by atoms with van der Waals surface area (Å²) in [7, 11) is 0. The summed E-state index contributed by atoms with van der Waals surface area (Å²) in [5, 5.41) is 0. The predicted molar refractivity (Wildman–Crippen MR) is 44.6 cm³/mol. The van der Waals surface area contributed by atoms with Crippen molar-refractivity contribution in [2.75, 3.05) is 0 Å². The molecule has 0 N–H and O–H groups in total.